The lowest BCUT2D eigenvalue weighted by molar-refractivity contribution is -0.144. The van der Waals surface area contributed by atoms with Crippen LogP contribution in [-0.2, 0) is 16.1 Å². The third kappa shape index (κ3) is 4.32. The molecule has 4 heterocycles. The van der Waals surface area contributed by atoms with Gasteiger partial charge in [-0.15, -0.1) is 0 Å². The van der Waals surface area contributed by atoms with Crippen LogP contribution in [0.5, 0.6) is 0 Å². The summed E-state index contributed by atoms with van der Waals surface area (Å²) in [6.07, 6.45) is 9.64. The van der Waals surface area contributed by atoms with Crippen LogP contribution in [0, 0.1) is 5.41 Å². The van der Waals surface area contributed by atoms with Crippen molar-refractivity contribution in [2.75, 3.05) is 39.3 Å². The predicted molar refractivity (Wildman–Crippen MR) is 103 cm³/mol. The van der Waals surface area contributed by atoms with Crippen LogP contribution in [0.15, 0.2) is 24.5 Å². The highest BCUT2D eigenvalue weighted by atomic mass is 16.2. The molecule has 27 heavy (non-hydrogen) atoms. The molecule has 1 aromatic heterocycles. The molecule has 1 aromatic rings. The largest absolute Gasteiger partial charge is 0.341 e. The Hall–Kier alpha value is -1.95. The van der Waals surface area contributed by atoms with Gasteiger partial charge in [0.15, 0.2) is 0 Å². The lowest BCUT2D eigenvalue weighted by Crippen LogP contribution is -2.55. The molecule has 1 unspecified atom stereocenters. The van der Waals surface area contributed by atoms with E-state index in [1.54, 1.807) is 12.4 Å². The van der Waals surface area contributed by atoms with Gasteiger partial charge in [-0.3, -0.25) is 19.5 Å². The molecule has 2 amide bonds. The van der Waals surface area contributed by atoms with Crippen molar-refractivity contribution in [2.45, 2.75) is 45.1 Å². The molecule has 0 bridgehead atoms. The number of amides is 2. The number of piperidine rings is 2. The summed E-state index contributed by atoms with van der Waals surface area (Å²) in [5, 5.41) is 0. The lowest BCUT2D eigenvalue weighted by atomic mass is 9.73. The number of nitrogens with zero attached hydrogens (tertiary/aromatic N) is 4. The van der Waals surface area contributed by atoms with Crippen molar-refractivity contribution < 1.29 is 9.59 Å². The topological polar surface area (TPSA) is 56.8 Å². The minimum Gasteiger partial charge on any atom is -0.341 e. The standard InChI is InChI=1S/C21H30N4O2/c26-19-4-8-21(17-25(19)14-18-5-9-22-10-6-18)7-3-13-24(16-21)20(27)15-23-11-1-2-12-23/h5-6,9-10H,1-4,7-8,11-17H2. The van der Waals surface area contributed by atoms with Gasteiger partial charge in [0, 0.05) is 50.4 Å². The van der Waals surface area contributed by atoms with Gasteiger partial charge in [0.1, 0.15) is 0 Å². The Morgan fingerprint density at radius 3 is 2.59 bits per heavy atom. The third-order valence-corrected chi connectivity index (χ3v) is 6.44. The van der Waals surface area contributed by atoms with Gasteiger partial charge in [-0.1, -0.05) is 0 Å². The Morgan fingerprint density at radius 1 is 1.04 bits per heavy atom. The van der Waals surface area contributed by atoms with Crippen LogP contribution < -0.4 is 0 Å². The number of hydrogen-bond donors (Lipinski definition) is 0. The molecule has 3 aliphatic rings. The van der Waals surface area contributed by atoms with Crippen LogP contribution in [0.25, 0.3) is 0 Å². The maximum absolute atomic E-state index is 12.8. The second kappa shape index (κ2) is 7.97. The van der Waals surface area contributed by atoms with Gasteiger partial charge in [0.05, 0.1) is 6.54 Å². The van der Waals surface area contributed by atoms with Crippen LogP contribution in [-0.4, -0.2) is 70.8 Å². The molecular formula is C21H30N4O2. The van der Waals surface area contributed by atoms with Crippen molar-refractivity contribution in [2.24, 2.45) is 5.41 Å². The number of carbonyl (C=O) groups excluding carboxylic acids is 2. The second-order valence-electron chi connectivity index (χ2n) is 8.51. The van der Waals surface area contributed by atoms with Crippen LogP contribution in [0.2, 0.25) is 0 Å². The minimum absolute atomic E-state index is 0.0693. The fourth-order valence-electron chi connectivity index (χ4n) is 4.94. The van der Waals surface area contributed by atoms with E-state index < -0.39 is 0 Å². The Balaban J connectivity index is 1.40. The van der Waals surface area contributed by atoms with Gasteiger partial charge < -0.3 is 9.80 Å². The first-order chi connectivity index (χ1) is 13.1. The fraction of sp³-hybridized carbons (Fsp3) is 0.667. The Kier molecular flexibility index (Phi) is 5.43. The van der Waals surface area contributed by atoms with E-state index in [4.69, 9.17) is 0 Å². The van der Waals surface area contributed by atoms with E-state index >= 15 is 0 Å². The molecule has 4 rings (SSSR count). The number of hydrogen-bond acceptors (Lipinski definition) is 4. The van der Waals surface area contributed by atoms with E-state index in [9.17, 15) is 9.59 Å². The molecule has 0 aromatic carbocycles. The molecule has 0 radical (unpaired) electrons. The lowest BCUT2D eigenvalue weighted by Gasteiger charge is -2.48. The molecule has 3 aliphatic heterocycles. The van der Waals surface area contributed by atoms with Gasteiger partial charge in [-0.2, -0.15) is 0 Å². The van der Waals surface area contributed by atoms with E-state index in [-0.39, 0.29) is 17.2 Å². The molecule has 3 fully saturated rings. The zero-order valence-electron chi connectivity index (χ0n) is 16.1. The number of likely N-dealkylation sites (tertiary alicyclic amines) is 3. The summed E-state index contributed by atoms with van der Waals surface area (Å²) in [6, 6.07) is 3.95. The van der Waals surface area contributed by atoms with Gasteiger partial charge in [0.25, 0.3) is 0 Å². The summed E-state index contributed by atoms with van der Waals surface area (Å²) >= 11 is 0. The van der Waals surface area contributed by atoms with E-state index in [1.807, 2.05) is 17.0 Å². The van der Waals surface area contributed by atoms with Gasteiger partial charge in [-0.25, -0.2) is 0 Å². The number of rotatable bonds is 4. The van der Waals surface area contributed by atoms with E-state index in [1.165, 1.54) is 12.8 Å². The number of aromatic nitrogens is 1. The van der Waals surface area contributed by atoms with Crippen molar-refractivity contribution in [3.05, 3.63) is 30.1 Å². The van der Waals surface area contributed by atoms with Crippen LogP contribution >= 0.6 is 0 Å². The number of carbonyl (C=O) groups is 2. The first kappa shape index (κ1) is 18.4. The molecule has 0 N–H and O–H groups in total. The van der Waals surface area contributed by atoms with Crippen LogP contribution in [0.1, 0.15) is 44.1 Å². The van der Waals surface area contributed by atoms with E-state index in [0.29, 0.717) is 19.5 Å². The monoisotopic (exact) mass is 370 g/mol. The third-order valence-electron chi connectivity index (χ3n) is 6.44. The van der Waals surface area contributed by atoms with Crippen molar-refractivity contribution >= 4 is 11.8 Å². The molecule has 0 saturated carbocycles. The molecule has 146 valence electrons. The molecule has 6 nitrogen and oxygen atoms in total. The SMILES string of the molecule is O=C(CN1CCCC1)N1CCCC2(CCC(=O)N(Cc3ccncc3)C2)C1. The van der Waals surface area contributed by atoms with Crippen molar-refractivity contribution in [1.29, 1.82) is 0 Å². The highest BCUT2D eigenvalue weighted by Gasteiger charge is 2.42. The highest BCUT2D eigenvalue weighted by Crippen LogP contribution is 2.39. The maximum atomic E-state index is 12.8. The molecule has 1 atom stereocenters. The zero-order chi connectivity index (χ0) is 18.7. The molecule has 1 spiro atoms. The smallest absolute Gasteiger partial charge is 0.236 e. The summed E-state index contributed by atoms with van der Waals surface area (Å²) in [4.78, 5) is 35.7. The van der Waals surface area contributed by atoms with Crippen LogP contribution in [0.4, 0.5) is 0 Å². The molecule has 0 aliphatic carbocycles. The Bertz CT molecular complexity index is 674. The zero-order valence-corrected chi connectivity index (χ0v) is 16.1. The average Bonchev–Trinajstić information content (AvgIpc) is 3.19. The first-order valence-electron chi connectivity index (χ1n) is 10.3. The summed E-state index contributed by atoms with van der Waals surface area (Å²) in [5.41, 5.74) is 1.19. The van der Waals surface area contributed by atoms with Gasteiger partial charge >= 0.3 is 0 Å². The summed E-state index contributed by atoms with van der Waals surface area (Å²) in [6.45, 7) is 5.76. The quantitative estimate of drug-likeness (QED) is 0.812. The fourth-order valence-corrected chi connectivity index (χ4v) is 4.94. The molecular weight excluding hydrogens is 340 g/mol. The predicted octanol–water partition coefficient (Wildman–Crippen LogP) is 1.91. The summed E-state index contributed by atoms with van der Waals surface area (Å²) in [5.74, 6) is 0.506. The van der Waals surface area contributed by atoms with Crippen molar-refractivity contribution in [3.63, 3.8) is 0 Å². The average molecular weight is 370 g/mol. The second-order valence-corrected chi connectivity index (χ2v) is 8.51. The van der Waals surface area contributed by atoms with E-state index in [0.717, 1.165) is 57.5 Å². The van der Waals surface area contributed by atoms with Crippen molar-refractivity contribution in [1.82, 2.24) is 19.7 Å². The Labute approximate surface area is 161 Å². The molecule has 3 saturated heterocycles. The minimum atomic E-state index is 0.0693. The highest BCUT2D eigenvalue weighted by molar-refractivity contribution is 5.79. The van der Waals surface area contributed by atoms with Crippen LogP contribution in [0.3, 0.4) is 0 Å². The first-order valence-corrected chi connectivity index (χ1v) is 10.3. The van der Waals surface area contributed by atoms with E-state index in [2.05, 4.69) is 14.8 Å². The number of pyridine rings is 1. The molecule has 6 heteroatoms. The van der Waals surface area contributed by atoms with Gasteiger partial charge in [0.2, 0.25) is 11.8 Å². The summed E-state index contributed by atoms with van der Waals surface area (Å²) < 4.78 is 0. The maximum Gasteiger partial charge on any atom is 0.236 e. The summed E-state index contributed by atoms with van der Waals surface area (Å²) in [7, 11) is 0. The Morgan fingerprint density at radius 2 is 1.81 bits per heavy atom. The van der Waals surface area contributed by atoms with Crippen molar-refractivity contribution in [3.8, 4) is 0 Å². The normalized spacial score (nSPS) is 26.7. The van der Waals surface area contributed by atoms with Gasteiger partial charge in [-0.05, 0) is 62.9 Å².